The van der Waals surface area contributed by atoms with Crippen molar-refractivity contribution in [3.8, 4) is 0 Å². The lowest BCUT2D eigenvalue weighted by Crippen LogP contribution is -2.35. The molecule has 16 heavy (non-hydrogen) atoms. The molecule has 90 valence electrons. The van der Waals surface area contributed by atoms with Crippen LogP contribution in [0, 0.1) is 5.92 Å². The van der Waals surface area contributed by atoms with Crippen LogP contribution in [0.3, 0.4) is 0 Å². The number of rotatable bonds is 4. The zero-order valence-corrected chi connectivity index (χ0v) is 11.0. The summed E-state index contributed by atoms with van der Waals surface area (Å²) in [6.07, 6.45) is 5.17. The van der Waals surface area contributed by atoms with Crippen molar-refractivity contribution in [2.45, 2.75) is 38.3 Å². The second-order valence-corrected chi connectivity index (χ2v) is 5.36. The third-order valence-electron chi connectivity index (χ3n) is 3.40. The number of hydrogen-bond donors (Lipinski definition) is 2. The maximum absolute atomic E-state index is 9.26. The van der Waals surface area contributed by atoms with E-state index in [1.807, 2.05) is 6.07 Å². The zero-order valence-electron chi connectivity index (χ0n) is 9.45. The van der Waals surface area contributed by atoms with Gasteiger partial charge in [-0.1, -0.05) is 6.42 Å². The van der Waals surface area contributed by atoms with Crippen molar-refractivity contribution in [3.05, 3.63) is 22.6 Å². The van der Waals surface area contributed by atoms with E-state index in [1.165, 1.54) is 6.42 Å². The molecular formula is C12H18BrNO2. The van der Waals surface area contributed by atoms with Crippen LogP contribution in [0.4, 0.5) is 0 Å². The van der Waals surface area contributed by atoms with Gasteiger partial charge in [0.05, 0.1) is 16.8 Å². The van der Waals surface area contributed by atoms with E-state index in [-0.39, 0.29) is 12.6 Å². The first-order chi connectivity index (χ1) is 7.72. The van der Waals surface area contributed by atoms with Crippen molar-refractivity contribution >= 4 is 15.9 Å². The molecule has 0 bridgehead atoms. The Morgan fingerprint density at radius 2 is 2.44 bits per heavy atom. The molecule has 0 aliphatic heterocycles. The monoisotopic (exact) mass is 287 g/mol. The summed E-state index contributed by atoms with van der Waals surface area (Å²) in [5.41, 5.74) is 0. The molecule has 1 aromatic rings. The first-order valence-electron chi connectivity index (χ1n) is 5.82. The van der Waals surface area contributed by atoms with Crippen LogP contribution in [0.5, 0.6) is 0 Å². The van der Waals surface area contributed by atoms with Gasteiger partial charge in [-0.25, -0.2) is 0 Å². The minimum absolute atomic E-state index is 0.182. The van der Waals surface area contributed by atoms with E-state index in [1.54, 1.807) is 6.26 Å². The molecule has 4 heteroatoms. The van der Waals surface area contributed by atoms with E-state index in [0.29, 0.717) is 12.0 Å². The SMILES string of the molecule is CC(NC1CCCC1CO)c1occc1Br. The van der Waals surface area contributed by atoms with Gasteiger partial charge in [0.25, 0.3) is 0 Å². The molecule has 1 saturated carbocycles. The van der Waals surface area contributed by atoms with Crippen molar-refractivity contribution in [2.75, 3.05) is 6.61 Å². The van der Waals surface area contributed by atoms with Crippen LogP contribution in [0.2, 0.25) is 0 Å². The molecule has 1 aliphatic carbocycles. The van der Waals surface area contributed by atoms with Crippen molar-refractivity contribution in [3.63, 3.8) is 0 Å². The normalized spacial score (nSPS) is 27.2. The van der Waals surface area contributed by atoms with Gasteiger partial charge in [-0.05, 0) is 47.7 Å². The van der Waals surface area contributed by atoms with E-state index in [2.05, 4.69) is 28.2 Å². The van der Waals surface area contributed by atoms with Crippen molar-refractivity contribution in [1.29, 1.82) is 0 Å². The summed E-state index contributed by atoms with van der Waals surface area (Å²) in [5, 5.41) is 12.8. The quantitative estimate of drug-likeness (QED) is 0.895. The van der Waals surface area contributed by atoms with Gasteiger partial charge in [0.1, 0.15) is 5.76 Å². The predicted octanol–water partition coefficient (Wildman–Crippen LogP) is 2.85. The van der Waals surface area contributed by atoms with Crippen LogP contribution in [0.15, 0.2) is 21.2 Å². The third-order valence-corrected chi connectivity index (χ3v) is 4.05. The molecule has 2 N–H and O–H groups in total. The van der Waals surface area contributed by atoms with E-state index >= 15 is 0 Å². The van der Waals surface area contributed by atoms with Gasteiger partial charge >= 0.3 is 0 Å². The molecule has 3 unspecified atom stereocenters. The molecule has 0 radical (unpaired) electrons. The Labute approximate surface area is 104 Å². The Balaban J connectivity index is 1.97. The van der Waals surface area contributed by atoms with Gasteiger partial charge in [-0.15, -0.1) is 0 Å². The molecule has 1 fully saturated rings. The minimum atomic E-state index is 0.182. The molecular weight excluding hydrogens is 270 g/mol. The molecule has 3 nitrogen and oxygen atoms in total. The Bertz CT molecular complexity index is 340. The van der Waals surface area contributed by atoms with E-state index < -0.39 is 0 Å². The lowest BCUT2D eigenvalue weighted by atomic mass is 10.0. The fourth-order valence-corrected chi connectivity index (χ4v) is 3.03. The Morgan fingerprint density at radius 1 is 1.62 bits per heavy atom. The highest BCUT2D eigenvalue weighted by molar-refractivity contribution is 9.10. The van der Waals surface area contributed by atoms with E-state index in [0.717, 1.165) is 23.1 Å². The van der Waals surface area contributed by atoms with Crippen LogP contribution in [0.1, 0.15) is 38.0 Å². The summed E-state index contributed by atoms with van der Waals surface area (Å²) in [5.74, 6) is 1.33. The fraction of sp³-hybridized carbons (Fsp3) is 0.667. The average Bonchev–Trinajstić information content (AvgIpc) is 2.86. The third kappa shape index (κ3) is 2.50. The number of furan rings is 1. The predicted molar refractivity (Wildman–Crippen MR) is 66.2 cm³/mol. The van der Waals surface area contributed by atoms with Crippen molar-refractivity contribution in [2.24, 2.45) is 5.92 Å². The summed E-state index contributed by atoms with van der Waals surface area (Å²) >= 11 is 3.47. The summed E-state index contributed by atoms with van der Waals surface area (Å²) in [6.45, 7) is 2.38. The fourth-order valence-electron chi connectivity index (χ4n) is 2.49. The number of hydrogen-bond acceptors (Lipinski definition) is 3. The first kappa shape index (κ1) is 12.1. The van der Waals surface area contributed by atoms with Gasteiger partial charge in [-0.3, -0.25) is 0 Å². The van der Waals surface area contributed by atoms with Gasteiger partial charge in [-0.2, -0.15) is 0 Å². The van der Waals surface area contributed by atoms with Crippen LogP contribution in [-0.4, -0.2) is 17.8 Å². The van der Waals surface area contributed by atoms with Crippen LogP contribution in [-0.2, 0) is 0 Å². The van der Waals surface area contributed by atoms with Crippen LogP contribution >= 0.6 is 15.9 Å². The van der Waals surface area contributed by atoms with Gasteiger partial charge in [0, 0.05) is 12.6 Å². The van der Waals surface area contributed by atoms with Gasteiger partial charge in [0.2, 0.25) is 0 Å². The molecule has 0 amide bonds. The lowest BCUT2D eigenvalue weighted by Gasteiger charge is -2.23. The molecule has 0 saturated heterocycles. The number of aliphatic hydroxyl groups excluding tert-OH is 1. The van der Waals surface area contributed by atoms with Gasteiger partial charge < -0.3 is 14.8 Å². The largest absolute Gasteiger partial charge is 0.466 e. The van der Waals surface area contributed by atoms with Crippen molar-refractivity contribution in [1.82, 2.24) is 5.32 Å². The second-order valence-electron chi connectivity index (χ2n) is 4.50. The highest BCUT2D eigenvalue weighted by atomic mass is 79.9. The van der Waals surface area contributed by atoms with Gasteiger partial charge in [0.15, 0.2) is 0 Å². The molecule has 1 heterocycles. The smallest absolute Gasteiger partial charge is 0.134 e. The number of halogens is 1. The average molecular weight is 288 g/mol. The Morgan fingerprint density at radius 3 is 3.06 bits per heavy atom. The maximum atomic E-state index is 9.26. The van der Waals surface area contributed by atoms with Crippen molar-refractivity contribution < 1.29 is 9.52 Å². The Kier molecular flexibility index (Phi) is 4.05. The molecule has 0 aromatic carbocycles. The number of nitrogens with one attached hydrogen (secondary N) is 1. The van der Waals surface area contributed by atoms with E-state index in [4.69, 9.17) is 4.42 Å². The number of aliphatic hydroxyl groups is 1. The second kappa shape index (κ2) is 5.34. The lowest BCUT2D eigenvalue weighted by molar-refractivity contribution is 0.198. The standard InChI is InChI=1S/C12H18BrNO2/c1-8(12-10(13)5-6-16-12)14-11-4-2-3-9(11)7-15/h5-6,8-9,11,14-15H,2-4,7H2,1H3. The molecule has 0 spiro atoms. The van der Waals surface area contributed by atoms with E-state index in [9.17, 15) is 5.11 Å². The molecule has 1 aromatic heterocycles. The first-order valence-corrected chi connectivity index (χ1v) is 6.61. The minimum Gasteiger partial charge on any atom is -0.466 e. The van der Waals surface area contributed by atoms with Crippen LogP contribution < -0.4 is 5.32 Å². The maximum Gasteiger partial charge on any atom is 0.134 e. The topological polar surface area (TPSA) is 45.4 Å². The molecule has 1 aliphatic rings. The summed E-state index contributed by atoms with van der Waals surface area (Å²) in [6, 6.07) is 2.50. The summed E-state index contributed by atoms with van der Waals surface area (Å²) in [7, 11) is 0. The highest BCUT2D eigenvalue weighted by Crippen LogP contribution is 2.30. The highest BCUT2D eigenvalue weighted by Gasteiger charge is 2.28. The zero-order chi connectivity index (χ0) is 11.5. The Hall–Kier alpha value is -0.320. The summed E-state index contributed by atoms with van der Waals surface area (Å²) < 4.78 is 6.44. The van der Waals surface area contributed by atoms with Crippen LogP contribution in [0.25, 0.3) is 0 Å². The molecule has 3 atom stereocenters. The summed E-state index contributed by atoms with van der Waals surface area (Å²) in [4.78, 5) is 0. The molecule has 2 rings (SSSR count).